The molecule has 17 heavy (non-hydrogen) atoms. The largest absolute Gasteiger partial charge is 0.469 e. The van der Waals surface area contributed by atoms with Gasteiger partial charge in [0.25, 0.3) is 0 Å². The average Bonchev–Trinajstić information content (AvgIpc) is 2.71. The van der Waals surface area contributed by atoms with Gasteiger partial charge in [-0.05, 0) is 18.2 Å². The number of carbonyl (C=O) groups is 2. The molecule has 0 saturated carbocycles. The minimum atomic E-state index is -0.650. The van der Waals surface area contributed by atoms with Crippen LogP contribution in [0.25, 0.3) is 10.9 Å². The van der Waals surface area contributed by atoms with Crippen LogP contribution in [0.3, 0.4) is 0 Å². The number of nitrogens with one attached hydrogen (secondary N) is 1. The van der Waals surface area contributed by atoms with Gasteiger partial charge in [-0.15, -0.1) is 0 Å². The van der Waals surface area contributed by atoms with Gasteiger partial charge in [-0.25, -0.2) is 4.39 Å². The number of benzene rings is 1. The van der Waals surface area contributed by atoms with Crippen LogP contribution in [0.5, 0.6) is 0 Å². The molecule has 1 aromatic heterocycles. The summed E-state index contributed by atoms with van der Waals surface area (Å²) in [7, 11) is 1.19. The number of H-pyrrole nitrogens is 1. The molecular formula is C11H9FN2O3. The molecule has 0 amide bonds. The van der Waals surface area contributed by atoms with Crippen LogP contribution in [-0.2, 0) is 9.53 Å². The number of hydrogen-bond donors (Lipinski definition) is 1. The first-order chi connectivity index (χ1) is 8.11. The molecule has 88 valence electrons. The van der Waals surface area contributed by atoms with Gasteiger partial charge in [0.05, 0.1) is 12.6 Å². The van der Waals surface area contributed by atoms with E-state index < -0.39 is 24.0 Å². The van der Waals surface area contributed by atoms with Crippen molar-refractivity contribution in [2.45, 2.75) is 6.42 Å². The fourth-order valence-electron chi connectivity index (χ4n) is 1.49. The first-order valence-electron chi connectivity index (χ1n) is 4.85. The molecule has 0 aliphatic carbocycles. The Bertz CT molecular complexity index is 591. The van der Waals surface area contributed by atoms with Crippen LogP contribution in [0.15, 0.2) is 18.2 Å². The maximum absolute atomic E-state index is 13.0. The second-order valence-electron chi connectivity index (χ2n) is 3.44. The fourth-order valence-corrected chi connectivity index (χ4v) is 1.49. The Morgan fingerprint density at radius 1 is 1.47 bits per heavy atom. The molecule has 5 nitrogen and oxygen atoms in total. The molecule has 1 aromatic carbocycles. The SMILES string of the molecule is COC(=O)CC(=O)c1n[nH]c2ccc(F)cc12. The normalized spacial score (nSPS) is 10.5. The summed E-state index contributed by atoms with van der Waals surface area (Å²) in [5.41, 5.74) is 0.588. The summed E-state index contributed by atoms with van der Waals surface area (Å²) in [5, 5.41) is 6.73. The Hall–Kier alpha value is -2.24. The van der Waals surface area contributed by atoms with E-state index in [1.54, 1.807) is 0 Å². The number of hydrogen-bond acceptors (Lipinski definition) is 4. The number of nitrogens with zero attached hydrogens (tertiary/aromatic N) is 1. The van der Waals surface area contributed by atoms with E-state index in [2.05, 4.69) is 14.9 Å². The molecule has 0 radical (unpaired) electrons. The van der Waals surface area contributed by atoms with Crippen molar-refractivity contribution in [1.29, 1.82) is 0 Å². The van der Waals surface area contributed by atoms with Gasteiger partial charge in [0.2, 0.25) is 0 Å². The number of Topliss-reactive ketones (excluding diaryl/α,β-unsaturated/α-hetero) is 1. The van der Waals surface area contributed by atoms with Crippen LogP contribution in [0.1, 0.15) is 16.9 Å². The number of halogens is 1. The highest BCUT2D eigenvalue weighted by molar-refractivity contribution is 6.11. The molecule has 6 heteroatoms. The number of aromatic nitrogens is 2. The second-order valence-corrected chi connectivity index (χ2v) is 3.44. The van der Waals surface area contributed by atoms with Crippen molar-refractivity contribution >= 4 is 22.7 Å². The summed E-state index contributed by atoms with van der Waals surface area (Å²) in [6, 6.07) is 3.94. The molecular weight excluding hydrogens is 227 g/mol. The zero-order valence-electron chi connectivity index (χ0n) is 8.99. The Morgan fingerprint density at radius 2 is 2.24 bits per heavy atom. The molecule has 0 fully saturated rings. The van der Waals surface area contributed by atoms with Gasteiger partial charge in [-0.3, -0.25) is 14.7 Å². The molecule has 2 aromatic rings. The lowest BCUT2D eigenvalue weighted by atomic mass is 10.1. The highest BCUT2D eigenvalue weighted by atomic mass is 19.1. The van der Waals surface area contributed by atoms with E-state index in [1.165, 1.54) is 25.3 Å². The van der Waals surface area contributed by atoms with Crippen LogP contribution in [0, 0.1) is 5.82 Å². The van der Waals surface area contributed by atoms with E-state index in [9.17, 15) is 14.0 Å². The third kappa shape index (κ3) is 2.15. The summed E-state index contributed by atoms with van der Waals surface area (Å²) in [4.78, 5) is 22.7. The van der Waals surface area contributed by atoms with E-state index >= 15 is 0 Å². The Morgan fingerprint density at radius 3 is 2.94 bits per heavy atom. The van der Waals surface area contributed by atoms with Crippen molar-refractivity contribution in [3.8, 4) is 0 Å². The maximum atomic E-state index is 13.0. The molecule has 0 spiro atoms. The predicted octanol–water partition coefficient (Wildman–Crippen LogP) is 1.45. The maximum Gasteiger partial charge on any atom is 0.313 e. The van der Waals surface area contributed by atoms with E-state index in [0.29, 0.717) is 10.9 Å². The van der Waals surface area contributed by atoms with Crippen molar-refractivity contribution in [1.82, 2.24) is 10.2 Å². The molecule has 0 aliphatic heterocycles. The minimum absolute atomic E-state index is 0.0462. The van der Waals surface area contributed by atoms with Gasteiger partial charge < -0.3 is 4.74 Å². The van der Waals surface area contributed by atoms with Gasteiger partial charge in [0.1, 0.15) is 17.9 Å². The lowest BCUT2D eigenvalue weighted by molar-refractivity contribution is -0.139. The zero-order chi connectivity index (χ0) is 12.4. The smallest absolute Gasteiger partial charge is 0.313 e. The van der Waals surface area contributed by atoms with Gasteiger partial charge in [-0.1, -0.05) is 0 Å². The fraction of sp³-hybridized carbons (Fsp3) is 0.182. The van der Waals surface area contributed by atoms with E-state index in [-0.39, 0.29) is 5.69 Å². The first kappa shape index (κ1) is 11.3. The van der Waals surface area contributed by atoms with Crippen molar-refractivity contribution < 1.29 is 18.7 Å². The van der Waals surface area contributed by atoms with Crippen LogP contribution in [0.2, 0.25) is 0 Å². The summed E-state index contributed by atoms with van der Waals surface area (Å²) < 4.78 is 17.4. The third-order valence-electron chi connectivity index (χ3n) is 2.32. The van der Waals surface area contributed by atoms with Crippen LogP contribution < -0.4 is 0 Å². The highest BCUT2D eigenvalue weighted by Gasteiger charge is 2.18. The zero-order valence-corrected chi connectivity index (χ0v) is 8.99. The second kappa shape index (κ2) is 4.32. The van der Waals surface area contributed by atoms with Crippen LogP contribution in [-0.4, -0.2) is 29.1 Å². The molecule has 1 heterocycles. The average molecular weight is 236 g/mol. The topological polar surface area (TPSA) is 72.1 Å². The first-order valence-corrected chi connectivity index (χ1v) is 4.85. The molecule has 0 saturated heterocycles. The van der Waals surface area contributed by atoms with Crippen LogP contribution in [0.4, 0.5) is 4.39 Å². The summed E-state index contributed by atoms with van der Waals surface area (Å²) in [5.74, 6) is -1.62. The minimum Gasteiger partial charge on any atom is -0.469 e. The molecule has 0 aliphatic rings. The van der Waals surface area contributed by atoms with Gasteiger partial charge in [0, 0.05) is 5.39 Å². The molecule has 1 N–H and O–H groups in total. The van der Waals surface area contributed by atoms with E-state index in [4.69, 9.17) is 0 Å². The Balaban J connectivity index is 2.38. The van der Waals surface area contributed by atoms with Crippen molar-refractivity contribution in [3.05, 3.63) is 29.7 Å². The monoisotopic (exact) mass is 236 g/mol. The van der Waals surface area contributed by atoms with E-state index in [1.807, 2.05) is 0 Å². The lowest BCUT2D eigenvalue weighted by Crippen LogP contribution is -2.10. The number of methoxy groups -OCH3 is 1. The molecule has 0 bridgehead atoms. The Kier molecular flexibility index (Phi) is 2.86. The molecule has 2 rings (SSSR count). The third-order valence-corrected chi connectivity index (χ3v) is 2.32. The Labute approximate surface area is 95.6 Å². The van der Waals surface area contributed by atoms with Crippen molar-refractivity contribution in [3.63, 3.8) is 0 Å². The number of rotatable bonds is 3. The number of ketones is 1. The highest BCUT2D eigenvalue weighted by Crippen LogP contribution is 2.18. The molecule has 0 unspecified atom stereocenters. The number of aromatic amines is 1. The van der Waals surface area contributed by atoms with Gasteiger partial charge in [-0.2, -0.15) is 5.10 Å². The van der Waals surface area contributed by atoms with E-state index in [0.717, 1.165) is 0 Å². The standard InChI is InChI=1S/C11H9FN2O3/c1-17-10(16)5-9(15)11-7-4-6(12)2-3-8(7)13-14-11/h2-4H,5H2,1H3,(H,13,14). The predicted molar refractivity (Wildman–Crippen MR) is 57.0 cm³/mol. The molecule has 0 atom stereocenters. The van der Waals surface area contributed by atoms with Crippen molar-refractivity contribution in [2.75, 3.05) is 7.11 Å². The summed E-state index contributed by atoms with van der Waals surface area (Å²) >= 11 is 0. The number of carbonyl (C=O) groups excluding carboxylic acids is 2. The van der Waals surface area contributed by atoms with Gasteiger partial charge >= 0.3 is 5.97 Å². The lowest BCUT2D eigenvalue weighted by Gasteiger charge is -1.97. The number of ether oxygens (including phenoxy) is 1. The van der Waals surface area contributed by atoms with Gasteiger partial charge in [0.15, 0.2) is 5.78 Å². The summed E-state index contributed by atoms with van der Waals surface area (Å²) in [6.45, 7) is 0. The number of fused-ring (bicyclic) bond motifs is 1. The number of esters is 1. The van der Waals surface area contributed by atoms with Crippen molar-refractivity contribution in [2.24, 2.45) is 0 Å². The quantitative estimate of drug-likeness (QED) is 0.497. The van der Waals surface area contributed by atoms with Crippen LogP contribution >= 0.6 is 0 Å². The summed E-state index contributed by atoms with van der Waals surface area (Å²) in [6.07, 6.45) is -0.410.